The molecule has 0 aliphatic carbocycles. The highest BCUT2D eigenvalue weighted by atomic mass is 79.9. The minimum atomic E-state index is -0.552. The van der Waals surface area contributed by atoms with Crippen LogP contribution in [0.3, 0.4) is 0 Å². The summed E-state index contributed by atoms with van der Waals surface area (Å²) in [4.78, 5) is 13.1. The number of nitrogens with zero attached hydrogens (tertiary/aromatic N) is 1. The van der Waals surface area contributed by atoms with Crippen molar-refractivity contribution in [2.45, 2.75) is 38.3 Å². The van der Waals surface area contributed by atoms with Crippen molar-refractivity contribution in [1.82, 2.24) is 4.90 Å². The molecule has 1 aliphatic heterocycles. The summed E-state index contributed by atoms with van der Waals surface area (Å²) >= 11 is 3.45. The lowest BCUT2D eigenvalue weighted by atomic mass is 10.1. The van der Waals surface area contributed by atoms with Crippen LogP contribution in [0.1, 0.15) is 31.2 Å². The third-order valence-electron chi connectivity index (χ3n) is 3.30. The van der Waals surface area contributed by atoms with Gasteiger partial charge in [0.2, 0.25) is 5.91 Å². The summed E-state index contributed by atoms with van der Waals surface area (Å²) in [7, 11) is 0. The maximum Gasteiger partial charge on any atom is 0.224 e. The number of benzene rings is 1. The summed E-state index contributed by atoms with van der Waals surface area (Å²) in [6, 6.07) is 8.28. The first-order chi connectivity index (χ1) is 8.66. The first-order valence-electron chi connectivity index (χ1n) is 6.39. The van der Waals surface area contributed by atoms with Gasteiger partial charge in [0.15, 0.2) is 0 Å². The van der Waals surface area contributed by atoms with E-state index in [-0.39, 0.29) is 5.91 Å². The van der Waals surface area contributed by atoms with Gasteiger partial charge in [0.1, 0.15) is 6.23 Å². The molecule has 1 atom stereocenters. The summed E-state index contributed by atoms with van der Waals surface area (Å²) in [6.07, 6.45) is 3.51. The van der Waals surface area contributed by atoms with E-state index in [1.165, 1.54) is 5.56 Å². The molecule has 1 aliphatic rings. The number of unbranched alkanes of at least 4 members (excludes halogenated alkanes) is 1. The highest BCUT2D eigenvalue weighted by Crippen LogP contribution is 2.18. The van der Waals surface area contributed by atoms with Crippen molar-refractivity contribution in [2.24, 2.45) is 0 Å². The number of likely N-dealkylation sites (tertiary alicyclic amines) is 1. The number of carbonyl (C=O) groups is 1. The zero-order valence-corrected chi connectivity index (χ0v) is 11.9. The van der Waals surface area contributed by atoms with E-state index >= 15 is 0 Å². The Morgan fingerprint density at radius 3 is 2.89 bits per heavy atom. The fourth-order valence-electron chi connectivity index (χ4n) is 2.30. The summed E-state index contributed by atoms with van der Waals surface area (Å²) in [5, 5.41) is 9.61. The molecule has 18 heavy (non-hydrogen) atoms. The number of aliphatic hydroxyl groups excluding tert-OH is 1. The zero-order valence-electron chi connectivity index (χ0n) is 10.3. The highest BCUT2D eigenvalue weighted by molar-refractivity contribution is 9.10. The van der Waals surface area contributed by atoms with Crippen LogP contribution in [0.25, 0.3) is 0 Å². The van der Waals surface area contributed by atoms with Gasteiger partial charge in [0, 0.05) is 23.9 Å². The second kappa shape index (κ2) is 6.34. The van der Waals surface area contributed by atoms with Crippen LogP contribution in [-0.2, 0) is 11.2 Å². The smallest absolute Gasteiger partial charge is 0.224 e. The molecular weight excluding hydrogens is 294 g/mol. The number of aliphatic hydroxyl groups is 1. The van der Waals surface area contributed by atoms with Crippen molar-refractivity contribution in [3.63, 3.8) is 0 Å². The number of rotatable bonds is 5. The maximum absolute atomic E-state index is 11.5. The predicted molar refractivity (Wildman–Crippen MR) is 74.0 cm³/mol. The molecule has 0 bridgehead atoms. The maximum atomic E-state index is 11.5. The van der Waals surface area contributed by atoms with Crippen LogP contribution in [0.2, 0.25) is 0 Å². The van der Waals surface area contributed by atoms with Gasteiger partial charge in [-0.15, -0.1) is 0 Å². The van der Waals surface area contributed by atoms with Gasteiger partial charge in [-0.3, -0.25) is 4.79 Å². The number of carbonyl (C=O) groups excluding carboxylic acids is 1. The third kappa shape index (κ3) is 3.56. The molecule has 1 aromatic rings. The molecule has 0 radical (unpaired) electrons. The van der Waals surface area contributed by atoms with Crippen LogP contribution in [0.5, 0.6) is 0 Å². The van der Waals surface area contributed by atoms with Gasteiger partial charge in [0.25, 0.3) is 0 Å². The molecule has 1 N–H and O–H groups in total. The molecule has 4 heteroatoms. The minimum absolute atomic E-state index is 0.0879. The van der Waals surface area contributed by atoms with Crippen LogP contribution in [0, 0.1) is 0 Å². The first kappa shape index (κ1) is 13.6. The third-order valence-corrected chi connectivity index (χ3v) is 3.79. The average molecular weight is 312 g/mol. The Balaban J connectivity index is 1.71. The van der Waals surface area contributed by atoms with Gasteiger partial charge in [0.05, 0.1) is 0 Å². The molecule has 1 aromatic carbocycles. The number of halogens is 1. The Labute approximate surface area is 116 Å². The summed E-state index contributed by atoms with van der Waals surface area (Å²) < 4.78 is 1.10. The second-order valence-corrected chi connectivity index (χ2v) is 5.61. The summed E-state index contributed by atoms with van der Waals surface area (Å²) in [5.41, 5.74) is 1.30. The van der Waals surface area contributed by atoms with Gasteiger partial charge in [-0.2, -0.15) is 0 Å². The van der Waals surface area contributed by atoms with Crippen molar-refractivity contribution >= 4 is 21.8 Å². The van der Waals surface area contributed by atoms with Crippen LogP contribution in [0.15, 0.2) is 28.7 Å². The van der Waals surface area contributed by atoms with Crippen LogP contribution < -0.4 is 0 Å². The number of aryl methyl sites for hydroxylation is 1. The van der Waals surface area contributed by atoms with E-state index in [9.17, 15) is 9.90 Å². The van der Waals surface area contributed by atoms with E-state index < -0.39 is 6.23 Å². The van der Waals surface area contributed by atoms with Gasteiger partial charge in [-0.1, -0.05) is 28.1 Å². The zero-order chi connectivity index (χ0) is 13.0. The minimum Gasteiger partial charge on any atom is -0.374 e. The second-order valence-electron chi connectivity index (χ2n) is 4.69. The Bertz CT molecular complexity index is 422. The van der Waals surface area contributed by atoms with Crippen molar-refractivity contribution in [3.8, 4) is 0 Å². The molecule has 0 saturated carbocycles. The van der Waals surface area contributed by atoms with Crippen molar-refractivity contribution < 1.29 is 9.90 Å². The fourth-order valence-corrected chi connectivity index (χ4v) is 2.74. The lowest BCUT2D eigenvalue weighted by Crippen LogP contribution is -2.33. The van der Waals surface area contributed by atoms with Gasteiger partial charge < -0.3 is 10.0 Å². The van der Waals surface area contributed by atoms with Gasteiger partial charge >= 0.3 is 0 Å². The topological polar surface area (TPSA) is 40.5 Å². The Morgan fingerprint density at radius 2 is 2.22 bits per heavy atom. The highest BCUT2D eigenvalue weighted by Gasteiger charge is 2.28. The Kier molecular flexibility index (Phi) is 4.78. The van der Waals surface area contributed by atoms with E-state index in [1.54, 1.807) is 4.90 Å². The van der Waals surface area contributed by atoms with Gasteiger partial charge in [-0.25, -0.2) is 0 Å². The first-order valence-corrected chi connectivity index (χ1v) is 7.18. The monoisotopic (exact) mass is 311 g/mol. The van der Waals surface area contributed by atoms with E-state index in [4.69, 9.17) is 0 Å². The van der Waals surface area contributed by atoms with E-state index in [0.717, 1.165) is 23.7 Å². The molecule has 0 spiro atoms. The Morgan fingerprint density at radius 1 is 1.39 bits per heavy atom. The largest absolute Gasteiger partial charge is 0.374 e. The van der Waals surface area contributed by atoms with Crippen molar-refractivity contribution in [2.75, 3.05) is 6.54 Å². The molecule has 3 nitrogen and oxygen atoms in total. The van der Waals surface area contributed by atoms with E-state index in [2.05, 4.69) is 28.1 Å². The lowest BCUT2D eigenvalue weighted by Gasteiger charge is -2.20. The number of amides is 1. The molecule has 1 amide bonds. The number of hydrogen-bond donors (Lipinski definition) is 1. The average Bonchev–Trinajstić information content (AvgIpc) is 2.66. The van der Waals surface area contributed by atoms with Crippen molar-refractivity contribution in [1.29, 1.82) is 0 Å². The molecule has 1 fully saturated rings. The van der Waals surface area contributed by atoms with Crippen LogP contribution in [0.4, 0.5) is 0 Å². The molecule has 0 aromatic heterocycles. The van der Waals surface area contributed by atoms with E-state index in [1.807, 2.05) is 12.1 Å². The molecule has 1 heterocycles. The standard InChI is InChI=1S/C14H18BrNO2/c15-12-6-3-5-11(10-12)4-1-2-9-16-13(17)7-8-14(16)18/h3,5-6,10,13,17H,1-2,4,7-9H2. The molecular formula is C14H18BrNO2. The lowest BCUT2D eigenvalue weighted by molar-refractivity contribution is -0.133. The van der Waals surface area contributed by atoms with Crippen LogP contribution in [-0.4, -0.2) is 28.7 Å². The van der Waals surface area contributed by atoms with Crippen LogP contribution >= 0.6 is 15.9 Å². The summed E-state index contributed by atoms with van der Waals surface area (Å²) in [6.45, 7) is 0.675. The predicted octanol–water partition coefficient (Wildman–Crippen LogP) is 2.71. The fraction of sp³-hybridized carbons (Fsp3) is 0.500. The summed E-state index contributed by atoms with van der Waals surface area (Å²) in [5.74, 6) is 0.0879. The SMILES string of the molecule is O=C1CCC(O)N1CCCCc1cccc(Br)c1. The molecule has 1 unspecified atom stereocenters. The van der Waals surface area contributed by atoms with Gasteiger partial charge in [-0.05, 0) is 37.0 Å². The number of hydrogen-bond acceptors (Lipinski definition) is 2. The molecule has 1 saturated heterocycles. The van der Waals surface area contributed by atoms with Crippen molar-refractivity contribution in [3.05, 3.63) is 34.3 Å². The molecule has 98 valence electrons. The quantitative estimate of drug-likeness (QED) is 0.849. The normalized spacial score (nSPS) is 19.6. The Hall–Kier alpha value is -0.870. The van der Waals surface area contributed by atoms with E-state index in [0.29, 0.717) is 19.4 Å². The molecule has 2 rings (SSSR count).